The van der Waals surface area contributed by atoms with Crippen molar-refractivity contribution in [3.05, 3.63) is 58.9 Å². The van der Waals surface area contributed by atoms with Gasteiger partial charge in [0.1, 0.15) is 17.5 Å². The third kappa shape index (κ3) is 3.64. The van der Waals surface area contributed by atoms with Crippen molar-refractivity contribution >= 4 is 0 Å². The molecule has 2 rings (SSSR count). The van der Waals surface area contributed by atoms with E-state index in [0.717, 1.165) is 19.0 Å². The minimum absolute atomic E-state index is 0.283. The molecule has 0 atom stereocenters. The summed E-state index contributed by atoms with van der Waals surface area (Å²) in [6, 6.07) is 6.74. The molecular weight excluding hydrogens is 275 g/mol. The average Bonchev–Trinajstić information content (AvgIpc) is 2.45. The van der Waals surface area contributed by atoms with E-state index in [1.807, 2.05) is 6.92 Å². The Morgan fingerprint density at radius 1 is 0.952 bits per heavy atom. The molecule has 21 heavy (non-hydrogen) atoms. The summed E-state index contributed by atoms with van der Waals surface area (Å²) in [4.78, 5) is 0. The maximum Gasteiger partial charge on any atom is 0.133 e. The topological polar surface area (TPSA) is 12.0 Å². The van der Waals surface area contributed by atoms with E-state index in [1.165, 1.54) is 18.2 Å². The summed E-state index contributed by atoms with van der Waals surface area (Å²) in [5.41, 5.74) is 1.67. The van der Waals surface area contributed by atoms with E-state index in [2.05, 4.69) is 5.32 Å². The van der Waals surface area contributed by atoms with Gasteiger partial charge in [-0.05, 0) is 49.2 Å². The average molecular weight is 293 g/mol. The van der Waals surface area contributed by atoms with Crippen molar-refractivity contribution in [3.8, 4) is 11.1 Å². The van der Waals surface area contributed by atoms with Gasteiger partial charge in [-0.1, -0.05) is 13.0 Å². The first-order valence-electron chi connectivity index (χ1n) is 6.98. The van der Waals surface area contributed by atoms with Gasteiger partial charge in [-0.15, -0.1) is 0 Å². The third-order valence-electron chi connectivity index (χ3n) is 3.35. The minimum Gasteiger partial charge on any atom is -0.313 e. The van der Waals surface area contributed by atoms with Crippen molar-refractivity contribution in [3.63, 3.8) is 0 Å². The molecule has 0 amide bonds. The lowest BCUT2D eigenvalue weighted by molar-refractivity contribution is 0.578. The van der Waals surface area contributed by atoms with Gasteiger partial charge in [-0.2, -0.15) is 0 Å². The van der Waals surface area contributed by atoms with Gasteiger partial charge in [0, 0.05) is 23.7 Å². The van der Waals surface area contributed by atoms with Gasteiger partial charge in [0.05, 0.1) is 0 Å². The lowest BCUT2D eigenvalue weighted by Crippen LogP contribution is -2.14. The van der Waals surface area contributed by atoms with Crippen LogP contribution in [0.2, 0.25) is 0 Å². The second-order valence-corrected chi connectivity index (χ2v) is 5.06. The monoisotopic (exact) mass is 293 g/mol. The lowest BCUT2D eigenvalue weighted by atomic mass is 10.00. The van der Waals surface area contributed by atoms with E-state index in [0.29, 0.717) is 23.2 Å². The normalized spacial score (nSPS) is 10.9. The number of aryl methyl sites for hydroxylation is 1. The Morgan fingerprint density at radius 2 is 1.71 bits per heavy atom. The maximum atomic E-state index is 13.9. The van der Waals surface area contributed by atoms with Gasteiger partial charge < -0.3 is 5.32 Å². The van der Waals surface area contributed by atoms with Crippen LogP contribution >= 0.6 is 0 Å². The van der Waals surface area contributed by atoms with E-state index >= 15 is 0 Å². The van der Waals surface area contributed by atoms with Gasteiger partial charge in [0.15, 0.2) is 0 Å². The molecule has 0 aliphatic carbocycles. The number of rotatable bonds is 5. The van der Waals surface area contributed by atoms with E-state index in [-0.39, 0.29) is 11.4 Å². The van der Waals surface area contributed by atoms with Gasteiger partial charge in [0.25, 0.3) is 0 Å². The molecular formula is C17H18F3N. The van der Waals surface area contributed by atoms with Crippen molar-refractivity contribution in [1.29, 1.82) is 0 Å². The van der Waals surface area contributed by atoms with Crippen LogP contribution in [0.5, 0.6) is 0 Å². The molecule has 1 nitrogen and oxygen atoms in total. The molecule has 0 aromatic heterocycles. The molecule has 0 radical (unpaired) electrons. The molecule has 4 heteroatoms. The summed E-state index contributed by atoms with van der Waals surface area (Å²) in [7, 11) is 0. The first kappa shape index (κ1) is 15.6. The quantitative estimate of drug-likeness (QED) is 0.796. The number of hydrogen-bond donors (Lipinski definition) is 1. The number of nitrogens with one attached hydrogen (secondary N) is 1. The van der Waals surface area contributed by atoms with Crippen LogP contribution in [0.1, 0.15) is 24.5 Å². The predicted octanol–water partition coefficient (Wildman–Crippen LogP) is 4.58. The SMILES string of the molecule is CCCNCc1cc(-c2cc(C)c(F)cc2F)ccc1F. The minimum atomic E-state index is -0.642. The van der Waals surface area contributed by atoms with E-state index < -0.39 is 11.6 Å². The smallest absolute Gasteiger partial charge is 0.133 e. The zero-order valence-corrected chi connectivity index (χ0v) is 12.1. The first-order valence-corrected chi connectivity index (χ1v) is 6.98. The second kappa shape index (κ2) is 6.76. The molecule has 0 aliphatic rings. The van der Waals surface area contributed by atoms with E-state index in [1.54, 1.807) is 13.0 Å². The Balaban J connectivity index is 2.36. The summed E-state index contributed by atoms with van der Waals surface area (Å²) in [5, 5.41) is 3.11. The van der Waals surface area contributed by atoms with Crippen molar-refractivity contribution in [1.82, 2.24) is 5.32 Å². The number of benzene rings is 2. The van der Waals surface area contributed by atoms with E-state index in [4.69, 9.17) is 0 Å². The van der Waals surface area contributed by atoms with Crippen molar-refractivity contribution in [2.24, 2.45) is 0 Å². The highest BCUT2D eigenvalue weighted by Crippen LogP contribution is 2.27. The van der Waals surface area contributed by atoms with Crippen LogP contribution in [0, 0.1) is 24.4 Å². The second-order valence-electron chi connectivity index (χ2n) is 5.06. The Hall–Kier alpha value is -1.81. The lowest BCUT2D eigenvalue weighted by Gasteiger charge is -2.10. The van der Waals surface area contributed by atoms with Crippen molar-refractivity contribution < 1.29 is 13.2 Å². The molecule has 0 fully saturated rings. The van der Waals surface area contributed by atoms with Crippen LogP contribution < -0.4 is 5.32 Å². The molecule has 0 unspecified atom stereocenters. The van der Waals surface area contributed by atoms with Crippen LogP contribution in [0.15, 0.2) is 30.3 Å². The van der Waals surface area contributed by atoms with Crippen molar-refractivity contribution in [2.75, 3.05) is 6.54 Å². The van der Waals surface area contributed by atoms with Gasteiger partial charge >= 0.3 is 0 Å². The zero-order valence-electron chi connectivity index (χ0n) is 12.1. The molecule has 1 N–H and O–H groups in total. The molecule has 2 aromatic rings. The van der Waals surface area contributed by atoms with Crippen LogP contribution in [0.3, 0.4) is 0 Å². The Labute approximate surface area is 122 Å². The summed E-state index contributed by atoms with van der Waals surface area (Å²) in [5.74, 6) is -1.55. The Kier molecular flexibility index (Phi) is 5.02. The molecule has 0 bridgehead atoms. The molecule has 0 saturated heterocycles. The summed E-state index contributed by atoms with van der Waals surface area (Å²) in [6.07, 6.45) is 0.951. The fourth-order valence-corrected chi connectivity index (χ4v) is 2.16. The zero-order chi connectivity index (χ0) is 15.4. The van der Waals surface area contributed by atoms with E-state index in [9.17, 15) is 13.2 Å². The Morgan fingerprint density at radius 3 is 2.43 bits per heavy atom. The molecule has 0 aliphatic heterocycles. The maximum absolute atomic E-state index is 13.9. The molecule has 2 aromatic carbocycles. The summed E-state index contributed by atoms with van der Waals surface area (Å²) >= 11 is 0. The van der Waals surface area contributed by atoms with Crippen molar-refractivity contribution in [2.45, 2.75) is 26.8 Å². The third-order valence-corrected chi connectivity index (χ3v) is 3.35. The fourth-order valence-electron chi connectivity index (χ4n) is 2.16. The summed E-state index contributed by atoms with van der Waals surface area (Å²) in [6.45, 7) is 4.77. The van der Waals surface area contributed by atoms with Crippen LogP contribution in [-0.4, -0.2) is 6.54 Å². The van der Waals surface area contributed by atoms with Gasteiger partial charge in [-0.3, -0.25) is 0 Å². The highest BCUT2D eigenvalue weighted by Gasteiger charge is 2.11. The van der Waals surface area contributed by atoms with Crippen LogP contribution in [0.25, 0.3) is 11.1 Å². The molecule has 0 heterocycles. The summed E-state index contributed by atoms with van der Waals surface area (Å²) < 4.78 is 41.0. The molecule has 112 valence electrons. The molecule has 0 spiro atoms. The first-order chi connectivity index (χ1) is 10.0. The largest absolute Gasteiger partial charge is 0.313 e. The van der Waals surface area contributed by atoms with Crippen LogP contribution in [0.4, 0.5) is 13.2 Å². The van der Waals surface area contributed by atoms with Crippen LogP contribution in [-0.2, 0) is 6.54 Å². The van der Waals surface area contributed by atoms with Gasteiger partial charge in [-0.25, -0.2) is 13.2 Å². The highest BCUT2D eigenvalue weighted by atomic mass is 19.1. The standard InChI is InChI=1S/C17H18F3N/c1-3-6-21-10-13-8-12(4-5-15(13)18)14-7-11(2)16(19)9-17(14)20/h4-5,7-9,21H,3,6,10H2,1-2H3. The van der Waals surface area contributed by atoms with Gasteiger partial charge in [0.2, 0.25) is 0 Å². The molecule has 0 saturated carbocycles. The highest BCUT2D eigenvalue weighted by molar-refractivity contribution is 5.66. The fraction of sp³-hybridized carbons (Fsp3) is 0.294. The number of hydrogen-bond acceptors (Lipinski definition) is 1. The number of halogens is 3. The predicted molar refractivity (Wildman–Crippen MR) is 78.5 cm³/mol. The Bertz CT molecular complexity index is 638.